The van der Waals surface area contributed by atoms with Crippen molar-refractivity contribution in [1.82, 2.24) is 4.57 Å². The first kappa shape index (κ1) is 21.7. The number of ether oxygens (including phenoxy) is 5. The van der Waals surface area contributed by atoms with Crippen molar-refractivity contribution in [1.29, 1.82) is 0 Å². The minimum Gasteiger partial charge on any atom is -0.438 e. The summed E-state index contributed by atoms with van der Waals surface area (Å²) in [7, 11) is 1.21. The molecule has 2 unspecified atom stereocenters. The molecule has 2 saturated heterocycles. The lowest BCUT2D eigenvalue weighted by molar-refractivity contribution is -0.200. The van der Waals surface area contributed by atoms with Gasteiger partial charge in [-0.15, -0.1) is 0 Å². The Morgan fingerprint density at radius 1 is 1.20 bits per heavy atom. The standard InChI is InChI=1S/C19H18Cl3NO7/c1-19(2)29-14-13(7-27-18(25)26-3)28-17(15(14)30-19)23-12-5-11(21)10(20)4-8(12)9(6-24)16(23)22/h4-6,13-15,17H,7H2,1-3H3/t13-,14?,15?,17-/m1/s1. The normalized spacial score (nSPS) is 27.3. The van der Waals surface area contributed by atoms with Crippen LogP contribution >= 0.6 is 34.8 Å². The van der Waals surface area contributed by atoms with Crippen LogP contribution in [0.3, 0.4) is 0 Å². The predicted octanol–water partition coefficient (Wildman–Crippen LogP) is 4.61. The number of fused-ring (bicyclic) bond motifs is 2. The van der Waals surface area contributed by atoms with E-state index >= 15 is 0 Å². The van der Waals surface area contributed by atoms with E-state index in [1.807, 2.05) is 0 Å². The number of hydrogen-bond acceptors (Lipinski definition) is 7. The summed E-state index contributed by atoms with van der Waals surface area (Å²) in [4.78, 5) is 23.1. The summed E-state index contributed by atoms with van der Waals surface area (Å²) in [5.41, 5.74) is 0.793. The van der Waals surface area contributed by atoms with Crippen LogP contribution < -0.4 is 0 Å². The fraction of sp³-hybridized carbons (Fsp3) is 0.474. The van der Waals surface area contributed by atoms with Crippen LogP contribution in [0.1, 0.15) is 30.4 Å². The van der Waals surface area contributed by atoms with E-state index in [0.29, 0.717) is 22.2 Å². The van der Waals surface area contributed by atoms with Gasteiger partial charge >= 0.3 is 6.16 Å². The third kappa shape index (κ3) is 3.55. The quantitative estimate of drug-likeness (QED) is 0.468. The van der Waals surface area contributed by atoms with Crippen molar-refractivity contribution in [3.63, 3.8) is 0 Å². The highest BCUT2D eigenvalue weighted by molar-refractivity contribution is 6.43. The lowest BCUT2D eigenvalue weighted by Gasteiger charge is -2.25. The lowest BCUT2D eigenvalue weighted by atomic mass is 10.1. The molecule has 1 aromatic heterocycles. The van der Waals surface area contributed by atoms with Gasteiger partial charge in [0.15, 0.2) is 18.3 Å². The molecule has 4 rings (SSSR count). The maximum absolute atomic E-state index is 11.7. The second kappa shape index (κ2) is 7.85. The summed E-state index contributed by atoms with van der Waals surface area (Å²) in [6.07, 6.45) is -2.77. The highest BCUT2D eigenvalue weighted by Gasteiger charge is 2.56. The zero-order valence-corrected chi connectivity index (χ0v) is 18.5. The summed E-state index contributed by atoms with van der Waals surface area (Å²) in [6, 6.07) is 3.18. The van der Waals surface area contributed by atoms with Gasteiger partial charge in [0.2, 0.25) is 0 Å². The van der Waals surface area contributed by atoms with E-state index in [1.165, 1.54) is 7.11 Å². The van der Waals surface area contributed by atoms with Crippen LogP contribution in [0.2, 0.25) is 15.2 Å². The monoisotopic (exact) mass is 477 g/mol. The van der Waals surface area contributed by atoms with E-state index in [0.717, 1.165) is 0 Å². The predicted molar refractivity (Wildman–Crippen MR) is 108 cm³/mol. The molecule has 2 aliphatic heterocycles. The van der Waals surface area contributed by atoms with Crippen molar-refractivity contribution in [3.8, 4) is 0 Å². The van der Waals surface area contributed by atoms with E-state index in [9.17, 15) is 9.59 Å². The molecule has 0 spiro atoms. The zero-order chi connectivity index (χ0) is 21.8. The van der Waals surface area contributed by atoms with Crippen molar-refractivity contribution in [2.24, 2.45) is 0 Å². The van der Waals surface area contributed by atoms with Gasteiger partial charge in [0.1, 0.15) is 30.1 Å². The Labute approximate surface area is 186 Å². The van der Waals surface area contributed by atoms with E-state index in [1.54, 1.807) is 30.5 Å². The fourth-order valence-electron chi connectivity index (χ4n) is 3.87. The van der Waals surface area contributed by atoms with Gasteiger partial charge in [-0.3, -0.25) is 4.79 Å². The first-order valence-corrected chi connectivity index (χ1v) is 10.2. The first-order chi connectivity index (χ1) is 14.2. The van der Waals surface area contributed by atoms with Gasteiger partial charge in [0.25, 0.3) is 0 Å². The molecule has 0 amide bonds. The Balaban J connectivity index is 1.78. The number of hydrogen-bond donors (Lipinski definition) is 0. The molecule has 0 N–H and O–H groups in total. The second-order valence-corrected chi connectivity index (χ2v) is 8.54. The van der Waals surface area contributed by atoms with Crippen LogP contribution in [-0.4, -0.2) is 54.8 Å². The molecular weight excluding hydrogens is 461 g/mol. The maximum atomic E-state index is 11.7. The number of carbonyl (C=O) groups is 2. The highest BCUT2D eigenvalue weighted by atomic mass is 35.5. The van der Waals surface area contributed by atoms with Crippen molar-refractivity contribution < 1.29 is 33.3 Å². The van der Waals surface area contributed by atoms with Crippen LogP contribution in [0.25, 0.3) is 10.9 Å². The Morgan fingerprint density at radius 2 is 1.87 bits per heavy atom. The Kier molecular flexibility index (Phi) is 5.67. The van der Waals surface area contributed by atoms with E-state index in [2.05, 4.69) is 4.74 Å². The first-order valence-electron chi connectivity index (χ1n) is 9.02. The molecular formula is C19H18Cl3NO7. The van der Waals surface area contributed by atoms with E-state index < -0.39 is 36.5 Å². The van der Waals surface area contributed by atoms with Gasteiger partial charge in [-0.1, -0.05) is 34.8 Å². The van der Waals surface area contributed by atoms with Crippen LogP contribution in [0.4, 0.5) is 4.79 Å². The third-order valence-corrected chi connectivity index (χ3v) is 6.16. The van der Waals surface area contributed by atoms with Crippen LogP contribution in [0.5, 0.6) is 0 Å². The minimum absolute atomic E-state index is 0.117. The van der Waals surface area contributed by atoms with Gasteiger partial charge in [0, 0.05) is 5.39 Å². The molecule has 0 aliphatic carbocycles. The summed E-state index contributed by atoms with van der Waals surface area (Å²) in [6.45, 7) is 3.42. The zero-order valence-electron chi connectivity index (χ0n) is 16.2. The molecule has 2 aromatic rings. The number of halogens is 3. The topological polar surface area (TPSA) is 85.2 Å². The van der Waals surface area contributed by atoms with Crippen LogP contribution in [0.15, 0.2) is 12.1 Å². The Bertz CT molecular complexity index is 1020. The molecule has 8 nitrogen and oxygen atoms in total. The average molecular weight is 479 g/mol. The minimum atomic E-state index is -0.898. The number of aldehydes is 1. The number of carbonyl (C=O) groups excluding carboxylic acids is 2. The van der Waals surface area contributed by atoms with Crippen molar-refractivity contribution in [3.05, 3.63) is 32.9 Å². The van der Waals surface area contributed by atoms with Crippen molar-refractivity contribution >= 4 is 58.1 Å². The summed E-state index contributed by atoms with van der Waals surface area (Å²) in [5, 5.41) is 1.25. The molecule has 2 fully saturated rings. The molecule has 4 atom stereocenters. The van der Waals surface area contributed by atoms with Gasteiger partial charge < -0.3 is 28.3 Å². The molecule has 162 valence electrons. The highest BCUT2D eigenvalue weighted by Crippen LogP contribution is 2.47. The lowest BCUT2D eigenvalue weighted by Crippen LogP contribution is -2.33. The summed E-state index contributed by atoms with van der Waals surface area (Å²) >= 11 is 18.9. The summed E-state index contributed by atoms with van der Waals surface area (Å²) < 4.78 is 29.3. The van der Waals surface area contributed by atoms with Gasteiger partial charge in [-0.2, -0.15) is 0 Å². The molecule has 30 heavy (non-hydrogen) atoms. The van der Waals surface area contributed by atoms with Crippen molar-refractivity contribution in [2.45, 2.75) is 44.2 Å². The smallest absolute Gasteiger partial charge is 0.438 e. The average Bonchev–Trinajstić information content (AvgIpc) is 3.26. The maximum Gasteiger partial charge on any atom is 0.508 e. The van der Waals surface area contributed by atoms with Gasteiger partial charge in [-0.05, 0) is 26.0 Å². The fourth-order valence-corrected chi connectivity index (χ4v) is 4.52. The number of nitrogens with zero attached hydrogens (tertiary/aromatic N) is 1. The molecule has 2 aliphatic rings. The number of methoxy groups -OCH3 is 1. The van der Waals surface area contributed by atoms with Crippen LogP contribution in [0, 0.1) is 0 Å². The number of benzene rings is 1. The second-order valence-electron chi connectivity index (χ2n) is 7.37. The SMILES string of the molecule is COC(=O)OC[C@H]1O[C@@H](n2c(Cl)c(C=O)c3cc(Cl)c(Cl)cc32)C2OC(C)(C)OC21. The van der Waals surface area contributed by atoms with Crippen molar-refractivity contribution in [2.75, 3.05) is 13.7 Å². The molecule has 0 radical (unpaired) electrons. The molecule has 1 aromatic carbocycles. The van der Waals surface area contributed by atoms with E-state index in [-0.39, 0.29) is 22.3 Å². The molecule has 11 heteroatoms. The van der Waals surface area contributed by atoms with Gasteiger partial charge in [0.05, 0.1) is 28.2 Å². The van der Waals surface area contributed by atoms with Crippen LogP contribution in [-0.2, 0) is 23.7 Å². The largest absolute Gasteiger partial charge is 0.508 e. The number of aromatic nitrogens is 1. The Morgan fingerprint density at radius 3 is 2.53 bits per heavy atom. The summed E-state index contributed by atoms with van der Waals surface area (Å²) in [5.74, 6) is -0.898. The van der Waals surface area contributed by atoms with Gasteiger partial charge in [-0.25, -0.2) is 4.79 Å². The number of rotatable bonds is 4. The Hall–Kier alpha value is -1.55. The molecule has 0 bridgehead atoms. The molecule has 0 saturated carbocycles. The van der Waals surface area contributed by atoms with E-state index in [4.69, 9.17) is 53.8 Å². The third-order valence-electron chi connectivity index (χ3n) is 5.05. The molecule has 3 heterocycles.